The normalized spacial score (nSPS) is 11.7. The van der Waals surface area contributed by atoms with E-state index in [4.69, 9.17) is 4.74 Å². The third kappa shape index (κ3) is 3.29. The molecule has 20 heavy (non-hydrogen) atoms. The van der Waals surface area contributed by atoms with Gasteiger partial charge in [0.15, 0.2) is 0 Å². The van der Waals surface area contributed by atoms with Gasteiger partial charge in [0.25, 0.3) is 0 Å². The van der Waals surface area contributed by atoms with Crippen molar-refractivity contribution in [2.45, 2.75) is 46.8 Å². The van der Waals surface area contributed by atoms with Crippen molar-refractivity contribution in [2.75, 3.05) is 0 Å². The largest absolute Gasteiger partial charge is 0.444 e. The van der Waals surface area contributed by atoms with Gasteiger partial charge in [0, 0.05) is 6.20 Å². The Balaban J connectivity index is 2.14. The van der Waals surface area contributed by atoms with E-state index in [9.17, 15) is 4.79 Å². The van der Waals surface area contributed by atoms with Crippen LogP contribution in [0, 0.1) is 13.8 Å². The Labute approximate surface area is 119 Å². The van der Waals surface area contributed by atoms with Gasteiger partial charge in [0.1, 0.15) is 11.2 Å². The molecule has 2 aromatic rings. The Kier molecular flexibility index (Phi) is 3.70. The molecule has 0 radical (unpaired) electrons. The predicted molar refractivity (Wildman–Crippen MR) is 77.7 cm³/mol. The first-order valence-corrected chi connectivity index (χ1v) is 6.67. The lowest BCUT2D eigenvalue weighted by Crippen LogP contribution is -2.32. The van der Waals surface area contributed by atoms with Crippen molar-refractivity contribution < 1.29 is 9.53 Å². The summed E-state index contributed by atoms with van der Waals surface area (Å²) < 4.78 is 7.21. The molecule has 5 heteroatoms. The van der Waals surface area contributed by atoms with E-state index in [1.807, 2.05) is 57.3 Å². The third-order valence-electron chi connectivity index (χ3n) is 2.88. The molecule has 0 aliphatic carbocycles. The lowest BCUT2D eigenvalue weighted by molar-refractivity contribution is 0.0523. The van der Waals surface area contributed by atoms with Gasteiger partial charge in [-0.25, -0.2) is 9.78 Å². The van der Waals surface area contributed by atoms with Crippen LogP contribution in [-0.2, 0) is 11.3 Å². The zero-order valence-corrected chi connectivity index (χ0v) is 12.7. The molecule has 108 valence electrons. The van der Waals surface area contributed by atoms with Gasteiger partial charge in [0.2, 0.25) is 0 Å². The topological polar surface area (TPSA) is 55.6 Å². The summed E-state index contributed by atoms with van der Waals surface area (Å²) in [7, 11) is 0. The maximum absolute atomic E-state index is 11.7. The molecule has 5 nitrogen and oxygen atoms in total. The number of hydrogen-bond acceptors (Lipinski definition) is 3. The summed E-state index contributed by atoms with van der Waals surface area (Å²) in [6.07, 6.45) is 1.55. The molecule has 0 fully saturated rings. The minimum absolute atomic E-state index is 0.394. The van der Waals surface area contributed by atoms with Crippen LogP contribution in [0.15, 0.2) is 18.3 Å². The van der Waals surface area contributed by atoms with Gasteiger partial charge >= 0.3 is 6.09 Å². The molecule has 0 unspecified atom stereocenters. The number of nitrogens with one attached hydrogen (secondary N) is 1. The molecule has 0 saturated heterocycles. The van der Waals surface area contributed by atoms with Crippen molar-refractivity contribution >= 4 is 11.7 Å². The highest BCUT2D eigenvalue weighted by molar-refractivity contribution is 5.67. The molecular formula is C15H21N3O2. The Morgan fingerprint density at radius 2 is 2.10 bits per heavy atom. The number of aromatic nitrogens is 2. The molecule has 0 bridgehead atoms. The van der Waals surface area contributed by atoms with Gasteiger partial charge in [-0.1, -0.05) is 0 Å². The van der Waals surface area contributed by atoms with E-state index in [0.29, 0.717) is 6.54 Å². The number of carbonyl (C=O) groups is 1. The number of hydrogen-bond donors (Lipinski definition) is 1. The Morgan fingerprint density at radius 1 is 1.40 bits per heavy atom. The second-order valence-electron chi connectivity index (χ2n) is 5.93. The van der Waals surface area contributed by atoms with Crippen LogP contribution >= 0.6 is 0 Å². The van der Waals surface area contributed by atoms with Crippen LogP contribution in [0.3, 0.4) is 0 Å². The van der Waals surface area contributed by atoms with Crippen molar-refractivity contribution in [2.24, 2.45) is 0 Å². The standard InChI is InChI=1S/C15H21N3O2/c1-10-6-7-18-12(11(2)17-13(18)8-10)9-16-14(19)20-15(3,4)5/h6-8H,9H2,1-5H3,(H,16,19). The summed E-state index contributed by atoms with van der Waals surface area (Å²) in [6.45, 7) is 9.89. The van der Waals surface area contributed by atoms with Gasteiger partial charge < -0.3 is 14.5 Å². The van der Waals surface area contributed by atoms with Crippen LogP contribution < -0.4 is 5.32 Å². The highest BCUT2D eigenvalue weighted by Gasteiger charge is 2.17. The Morgan fingerprint density at radius 3 is 2.75 bits per heavy atom. The maximum atomic E-state index is 11.7. The summed E-state index contributed by atoms with van der Waals surface area (Å²) in [5, 5.41) is 2.77. The molecule has 2 heterocycles. The molecule has 0 atom stereocenters. The van der Waals surface area contributed by atoms with Crippen LogP contribution in [0.4, 0.5) is 4.79 Å². The second kappa shape index (κ2) is 5.15. The average molecular weight is 275 g/mol. The van der Waals surface area contributed by atoms with Crippen molar-refractivity contribution in [3.05, 3.63) is 35.3 Å². The smallest absolute Gasteiger partial charge is 0.407 e. The zero-order chi connectivity index (χ0) is 14.9. The number of ether oxygens (including phenoxy) is 1. The summed E-state index contributed by atoms with van der Waals surface area (Å²) in [6, 6.07) is 4.04. The number of amides is 1. The first-order valence-electron chi connectivity index (χ1n) is 6.67. The van der Waals surface area contributed by atoms with Crippen molar-refractivity contribution in [3.8, 4) is 0 Å². The number of rotatable bonds is 2. The van der Waals surface area contributed by atoms with Crippen molar-refractivity contribution in [1.29, 1.82) is 0 Å². The number of aryl methyl sites for hydroxylation is 2. The van der Waals surface area contributed by atoms with E-state index in [0.717, 1.165) is 22.6 Å². The first-order chi connectivity index (χ1) is 9.26. The van der Waals surface area contributed by atoms with Crippen LogP contribution in [0.2, 0.25) is 0 Å². The Bertz CT molecular complexity index is 638. The van der Waals surface area contributed by atoms with Gasteiger partial charge in [0.05, 0.1) is 17.9 Å². The molecule has 1 amide bonds. The summed E-state index contributed by atoms with van der Waals surface area (Å²) in [5.41, 5.74) is 3.44. The monoisotopic (exact) mass is 275 g/mol. The average Bonchev–Trinajstić information content (AvgIpc) is 2.59. The van der Waals surface area contributed by atoms with Gasteiger partial charge in [-0.2, -0.15) is 0 Å². The summed E-state index contributed by atoms with van der Waals surface area (Å²) >= 11 is 0. The number of carbonyl (C=O) groups excluding carboxylic acids is 1. The molecule has 2 rings (SSSR count). The van der Waals surface area contributed by atoms with E-state index in [1.54, 1.807) is 0 Å². The molecule has 2 aromatic heterocycles. The van der Waals surface area contributed by atoms with Crippen LogP contribution in [0.1, 0.15) is 37.7 Å². The minimum Gasteiger partial charge on any atom is -0.444 e. The lowest BCUT2D eigenvalue weighted by atomic mass is 10.2. The fourth-order valence-electron chi connectivity index (χ4n) is 2.00. The first kappa shape index (κ1) is 14.4. The minimum atomic E-state index is -0.490. The molecule has 0 aromatic carbocycles. The van der Waals surface area contributed by atoms with E-state index in [2.05, 4.69) is 10.3 Å². The number of nitrogens with zero attached hydrogens (tertiary/aromatic N) is 2. The van der Waals surface area contributed by atoms with Crippen LogP contribution in [0.25, 0.3) is 5.65 Å². The van der Waals surface area contributed by atoms with Crippen molar-refractivity contribution in [3.63, 3.8) is 0 Å². The number of fused-ring (bicyclic) bond motifs is 1. The number of alkyl carbamates (subject to hydrolysis) is 1. The summed E-state index contributed by atoms with van der Waals surface area (Å²) in [4.78, 5) is 16.2. The molecule has 0 aliphatic rings. The number of pyridine rings is 1. The SMILES string of the molecule is Cc1ccn2c(CNC(=O)OC(C)(C)C)c(C)nc2c1. The number of imidazole rings is 1. The molecule has 1 N–H and O–H groups in total. The van der Waals surface area contributed by atoms with Gasteiger partial charge in [-0.3, -0.25) is 0 Å². The fourth-order valence-corrected chi connectivity index (χ4v) is 2.00. The molecular weight excluding hydrogens is 254 g/mol. The third-order valence-corrected chi connectivity index (χ3v) is 2.88. The van der Waals surface area contributed by atoms with E-state index >= 15 is 0 Å². The van der Waals surface area contributed by atoms with Crippen LogP contribution in [-0.4, -0.2) is 21.1 Å². The Hall–Kier alpha value is -2.04. The second-order valence-corrected chi connectivity index (χ2v) is 5.93. The van der Waals surface area contributed by atoms with Crippen LogP contribution in [0.5, 0.6) is 0 Å². The molecule has 0 spiro atoms. The predicted octanol–water partition coefficient (Wildman–Crippen LogP) is 2.98. The maximum Gasteiger partial charge on any atom is 0.407 e. The molecule has 0 aliphatic heterocycles. The van der Waals surface area contributed by atoms with E-state index < -0.39 is 11.7 Å². The molecule has 0 saturated carbocycles. The fraction of sp³-hybridized carbons (Fsp3) is 0.467. The lowest BCUT2D eigenvalue weighted by Gasteiger charge is -2.19. The highest BCUT2D eigenvalue weighted by Crippen LogP contribution is 2.14. The van der Waals surface area contributed by atoms with E-state index in [1.165, 1.54) is 0 Å². The highest BCUT2D eigenvalue weighted by atomic mass is 16.6. The quantitative estimate of drug-likeness (QED) is 0.916. The van der Waals surface area contributed by atoms with Crippen molar-refractivity contribution in [1.82, 2.24) is 14.7 Å². The van der Waals surface area contributed by atoms with Gasteiger partial charge in [-0.15, -0.1) is 0 Å². The van der Waals surface area contributed by atoms with Gasteiger partial charge in [-0.05, 0) is 52.3 Å². The van der Waals surface area contributed by atoms with E-state index in [-0.39, 0.29) is 0 Å². The zero-order valence-electron chi connectivity index (χ0n) is 12.7. The summed E-state index contributed by atoms with van der Waals surface area (Å²) in [5.74, 6) is 0.